The van der Waals surface area contributed by atoms with Gasteiger partial charge in [0.15, 0.2) is 7.85 Å². The van der Waals surface area contributed by atoms with Crippen LogP contribution < -0.4 is 17.2 Å². The number of fused-ring (bicyclic) bond motifs is 1. The van der Waals surface area contributed by atoms with E-state index < -0.39 is 28.2 Å². The maximum atomic E-state index is 12.6. The van der Waals surface area contributed by atoms with E-state index in [1.165, 1.54) is 31.4 Å². The largest absolute Gasteiger partial charge is 0.417 e. The topological polar surface area (TPSA) is 124 Å². The van der Waals surface area contributed by atoms with Gasteiger partial charge in [-0.2, -0.15) is 13.2 Å². The first-order chi connectivity index (χ1) is 17.4. The molecule has 0 bridgehead atoms. The maximum absolute atomic E-state index is 12.6. The normalized spacial score (nSPS) is 29.7. The summed E-state index contributed by atoms with van der Waals surface area (Å²) in [5, 5.41) is 7.40. The standard InChI is InChI=1S/C13H18B5NO2.C10H11F3N4/c14-11(15)4-10(5-12(16,20)21-11)13(17,18)19-6-8-2-1-3-9(8)7-19;11-10(12,13)7-3-4-17-5-6(7)8(14)1-2-9(15)16/h8-10,20H,1-7H2;1-5H,14-16H2/b;8-1-. The van der Waals surface area contributed by atoms with Gasteiger partial charge in [-0.1, -0.05) is 11.8 Å². The first kappa shape index (κ1) is 30.6. The second kappa shape index (κ2) is 11.3. The SMILES string of the molecule is NC(N)=C/C=C(\N)c1cnccc1C(F)(F)F.[B]C1([B])CC(C([B])([B])N2CC3CCCC3C2)CC([B])(O)O1. The van der Waals surface area contributed by atoms with Gasteiger partial charge in [-0.3, -0.25) is 4.98 Å². The van der Waals surface area contributed by atoms with Crippen molar-refractivity contribution in [2.24, 2.45) is 35.0 Å². The van der Waals surface area contributed by atoms with Crippen LogP contribution in [0.1, 0.15) is 43.2 Å². The number of nitrogens with two attached hydrogens (primary N) is 3. The number of hydrogen-bond donors (Lipinski definition) is 4. The summed E-state index contributed by atoms with van der Waals surface area (Å²) in [5.74, 6) is 0.961. The Morgan fingerprint density at radius 1 is 1.08 bits per heavy atom. The zero-order chi connectivity index (χ0) is 28.5. The molecule has 3 aliphatic rings. The van der Waals surface area contributed by atoms with Crippen LogP contribution in [0.3, 0.4) is 0 Å². The Morgan fingerprint density at radius 2 is 1.68 bits per heavy atom. The van der Waals surface area contributed by atoms with Gasteiger partial charge < -0.3 is 31.9 Å². The van der Waals surface area contributed by atoms with Crippen molar-refractivity contribution in [1.29, 1.82) is 0 Å². The lowest BCUT2D eigenvalue weighted by Crippen LogP contribution is -2.63. The quantitative estimate of drug-likeness (QED) is 0.329. The molecule has 3 heterocycles. The van der Waals surface area contributed by atoms with Crippen LogP contribution >= 0.6 is 0 Å². The van der Waals surface area contributed by atoms with Crippen molar-refractivity contribution >= 4 is 44.9 Å². The smallest absolute Gasteiger partial charge is 0.398 e. The van der Waals surface area contributed by atoms with Crippen molar-refractivity contribution in [2.75, 3.05) is 13.1 Å². The second-order valence-corrected chi connectivity index (χ2v) is 10.5. The van der Waals surface area contributed by atoms with Crippen LogP contribution in [0.15, 0.2) is 36.4 Å². The van der Waals surface area contributed by atoms with Gasteiger partial charge in [0.2, 0.25) is 0 Å². The van der Waals surface area contributed by atoms with Crippen molar-refractivity contribution in [3.05, 3.63) is 47.6 Å². The number of aromatic nitrogens is 1. The molecule has 4 atom stereocenters. The third-order valence-corrected chi connectivity index (χ3v) is 7.29. The number of rotatable bonds is 4. The van der Waals surface area contributed by atoms with E-state index in [4.69, 9.17) is 61.2 Å². The average molecular weight is 519 g/mol. The van der Waals surface area contributed by atoms with Crippen molar-refractivity contribution in [1.82, 2.24) is 9.88 Å². The predicted molar refractivity (Wildman–Crippen MR) is 143 cm³/mol. The summed E-state index contributed by atoms with van der Waals surface area (Å²) in [6.07, 6.45) is 4.14. The van der Waals surface area contributed by atoms with Crippen LogP contribution in [0.4, 0.5) is 13.2 Å². The summed E-state index contributed by atoms with van der Waals surface area (Å²) >= 11 is 0. The zero-order valence-corrected chi connectivity index (χ0v) is 21.1. The van der Waals surface area contributed by atoms with E-state index in [-0.39, 0.29) is 35.8 Å². The minimum Gasteiger partial charge on any atom is -0.398 e. The fourth-order valence-electron chi connectivity index (χ4n) is 5.51. The fraction of sp³-hybridized carbons (Fsp3) is 0.609. The molecule has 38 heavy (non-hydrogen) atoms. The molecule has 3 fully saturated rings. The van der Waals surface area contributed by atoms with Crippen molar-refractivity contribution in [3.63, 3.8) is 0 Å². The number of ether oxygens (including phenoxy) is 1. The molecule has 2 saturated heterocycles. The average Bonchev–Trinajstić information content (AvgIpc) is 3.38. The molecule has 7 N–H and O–H groups in total. The lowest BCUT2D eigenvalue weighted by molar-refractivity contribution is -0.207. The van der Waals surface area contributed by atoms with Gasteiger partial charge in [0.25, 0.3) is 0 Å². The van der Waals surface area contributed by atoms with Crippen LogP contribution in [0.2, 0.25) is 0 Å². The maximum Gasteiger partial charge on any atom is 0.417 e. The summed E-state index contributed by atoms with van der Waals surface area (Å²) in [4.78, 5) is 5.70. The van der Waals surface area contributed by atoms with E-state index in [1.807, 2.05) is 0 Å². The Balaban J connectivity index is 0.000000216. The van der Waals surface area contributed by atoms with Gasteiger partial charge in [0.05, 0.1) is 42.8 Å². The number of halogens is 3. The molecule has 2 aliphatic heterocycles. The van der Waals surface area contributed by atoms with Gasteiger partial charge >= 0.3 is 6.18 Å². The van der Waals surface area contributed by atoms with Gasteiger partial charge in [0, 0.05) is 36.7 Å². The third kappa shape index (κ3) is 7.57. The first-order valence-corrected chi connectivity index (χ1v) is 12.2. The monoisotopic (exact) mass is 519 g/mol. The van der Waals surface area contributed by atoms with E-state index in [0.717, 1.165) is 31.5 Å². The highest BCUT2D eigenvalue weighted by Gasteiger charge is 2.49. The Labute approximate surface area is 228 Å². The predicted octanol–water partition coefficient (Wildman–Crippen LogP) is 0.0999. The lowest BCUT2D eigenvalue weighted by atomic mass is 9.46. The van der Waals surface area contributed by atoms with E-state index in [9.17, 15) is 18.3 Å². The number of likely N-dealkylation sites (tertiary alicyclic amines) is 1. The Bertz CT molecular complexity index is 1020. The van der Waals surface area contributed by atoms with E-state index in [0.29, 0.717) is 11.8 Å². The van der Waals surface area contributed by atoms with Crippen LogP contribution in [-0.4, -0.2) is 83.7 Å². The Kier molecular flexibility index (Phi) is 9.05. The molecule has 4 unspecified atom stereocenters. The number of alkyl halides is 3. The lowest BCUT2D eigenvalue weighted by Gasteiger charge is -2.54. The highest BCUT2D eigenvalue weighted by molar-refractivity contribution is 6.41. The molecule has 0 aromatic carbocycles. The van der Waals surface area contributed by atoms with E-state index >= 15 is 0 Å². The molecule has 0 amide bonds. The second-order valence-electron chi connectivity index (χ2n) is 10.5. The molecule has 15 heteroatoms. The van der Waals surface area contributed by atoms with Crippen LogP contribution in [0.25, 0.3) is 5.70 Å². The minimum atomic E-state index is -4.49. The molecular weight excluding hydrogens is 489 g/mol. The van der Waals surface area contributed by atoms with Gasteiger partial charge in [-0.15, -0.1) is 0 Å². The molecular formula is C23H29B5F3N5O2. The number of aliphatic hydroxyl groups is 1. The van der Waals surface area contributed by atoms with E-state index in [1.54, 1.807) is 0 Å². The molecule has 1 aromatic heterocycles. The minimum absolute atomic E-state index is 0.0506. The summed E-state index contributed by atoms with van der Waals surface area (Å²) in [6.45, 7) is 1.78. The molecule has 1 aliphatic carbocycles. The Morgan fingerprint density at radius 3 is 2.21 bits per heavy atom. The molecule has 7 nitrogen and oxygen atoms in total. The number of pyridine rings is 1. The summed E-state index contributed by atoms with van der Waals surface area (Å²) in [7, 11) is 30.1. The molecule has 0 spiro atoms. The summed E-state index contributed by atoms with van der Waals surface area (Å²) in [5.41, 5.74) is 12.7. The van der Waals surface area contributed by atoms with Crippen molar-refractivity contribution in [3.8, 4) is 0 Å². The van der Waals surface area contributed by atoms with Crippen molar-refractivity contribution in [2.45, 2.75) is 54.7 Å². The first-order valence-electron chi connectivity index (χ1n) is 12.2. The number of allylic oxidation sites excluding steroid dienone is 2. The number of hydrogen-bond acceptors (Lipinski definition) is 7. The molecule has 1 saturated carbocycles. The van der Waals surface area contributed by atoms with Crippen LogP contribution in [0.5, 0.6) is 0 Å². The molecule has 10 radical (unpaired) electrons. The third-order valence-electron chi connectivity index (χ3n) is 7.29. The van der Waals surface area contributed by atoms with Gasteiger partial charge in [-0.25, -0.2) is 0 Å². The molecule has 194 valence electrons. The van der Waals surface area contributed by atoms with Gasteiger partial charge in [0.1, 0.15) is 5.69 Å². The Hall–Kier alpha value is -1.98. The van der Waals surface area contributed by atoms with Gasteiger partial charge in [-0.05, 0) is 67.1 Å². The molecule has 1 aromatic rings. The molecule has 4 rings (SSSR count). The summed E-state index contributed by atoms with van der Waals surface area (Å²) in [6, 6.07) is 0.853. The zero-order valence-electron chi connectivity index (χ0n) is 21.1. The fourth-order valence-corrected chi connectivity index (χ4v) is 5.51. The highest BCUT2D eigenvalue weighted by atomic mass is 19.4. The van der Waals surface area contributed by atoms with Crippen molar-refractivity contribution < 1.29 is 23.0 Å². The van der Waals surface area contributed by atoms with Crippen LogP contribution in [-0.2, 0) is 10.9 Å². The summed E-state index contributed by atoms with van der Waals surface area (Å²) < 4.78 is 43.0. The van der Waals surface area contributed by atoms with Crippen LogP contribution in [0, 0.1) is 17.8 Å². The van der Waals surface area contributed by atoms with E-state index in [2.05, 4.69) is 9.88 Å². The number of nitrogens with zero attached hydrogens (tertiary/aromatic N) is 2. The highest BCUT2D eigenvalue weighted by Crippen LogP contribution is 2.44.